The number of ether oxygens (including phenoxy) is 1. The van der Waals surface area contributed by atoms with Crippen molar-refractivity contribution in [2.24, 2.45) is 10.4 Å². The lowest BCUT2D eigenvalue weighted by atomic mass is 9.77. The number of likely N-dealkylation sites (tertiary alicyclic amines) is 1. The fourth-order valence-corrected chi connectivity index (χ4v) is 4.60. The van der Waals surface area contributed by atoms with Crippen LogP contribution in [0.1, 0.15) is 50.3 Å². The van der Waals surface area contributed by atoms with Gasteiger partial charge in [-0.25, -0.2) is 9.78 Å². The van der Waals surface area contributed by atoms with Crippen molar-refractivity contribution in [2.75, 3.05) is 25.0 Å². The molecule has 1 N–H and O–H groups in total. The molecule has 7 nitrogen and oxygen atoms in total. The maximum atomic E-state index is 13.8. The summed E-state index contributed by atoms with van der Waals surface area (Å²) in [7, 11) is 0. The standard InChI is InChI=1S/C31H33F3N4O3/c1-29(2,3)41-28(40)38-18-15-30(16-19-38,27(39)37-25-20-24(14-17-35-25)31(32,33)34)21-36-26(22-10-6-4-7-11-22)23-12-8-5-9-13-23/h4-14,17,20H,15-16,18-19,21H2,1-3H3,(H,35,37,39). The van der Waals surface area contributed by atoms with Crippen molar-refractivity contribution in [3.05, 3.63) is 95.7 Å². The maximum Gasteiger partial charge on any atom is 0.416 e. The first-order valence-electron chi connectivity index (χ1n) is 13.3. The van der Waals surface area contributed by atoms with Gasteiger partial charge in [0.25, 0.3) is 0 Å². The molecular weight excluding hydrogens is 533 g/mol. The predicted molar refractivity (Wildman–Crippen MR) is 151 cm³/mol. The molecule has 216 valence electrons. The lowest BCUT2D eigenvalue weighted by Gasteiger charge is -2.40. The molecule has 0 saturated carbocycles. The molecule has 2 amide bonds. The van der Waals surface area contributed by atoms with E-state index in [1.54, 1.807) is 25.7 Å². The Bertz CT molecular complexity index is 1340. The Balaban J connectivity index is 1.66. The van der Waals surface area contributed by atoms with Gasteiger partial charge in [-0.1, -0.05) is 60.7 Å². The minimum atomic E-state index is -4.58. The quantitative estimate of drug-likeness (QED) is 0.341. The van der Waals surface area contributed by atoms with E-state index in [0.29, 0.717) is 5.71 Å². The lowest BCUT2D eigenvalue weighted by molar-refractivity contribution is -0.137. The third-order valence-corrected chi connectivity index (χ3v) is 6.82. The van der Waals surface area contributed by atoms with Crippen LogP contribution in [0.4, 0.5) is 23.8 Å². The third kappa shape index (κ3) is 7.71. The minimum Gasteiger partial charge on any atom is -0.444 e. The summed E-state index contributed by atoms with van der Waals surface area (Å²) in [5.41, 5.74) is -0.290. The van der Waals surface area contributed by atoms with Crippen molar-refractivity contribution >= 4 is 23.5 Å². The molecule has 1 fully saturated rings. The normalized spacial score (nSPS) is 15.1. The second kappa shape index (κ2) is 12.1. The molecule has 0 aliphatic carbocycles. The van der Waals surface area contributed by atoms with Gasteiger partial charge in [0.2, 0.25) is 5.91 Å². The molecule has 4 rings (SSSR count). The third-order valence-electron chi connectivity index (χ3n) is 6.82. The summed E-state index contributed by atoms with van der Waals surface area (Å²) in [6, 6.07) is 20.8. The summed E-state index contributed by atoms with van der Waals surface area (Å²) < 4.78 is 45.4. The zero-order valence-corrected chi connectivity index (χ0v) is 23.2. The van der Waals surface area contributed by atoms with Gasteiger partial charge < -0.3 is 15.0 Å². The minimum absolute atomic E-state index is 0.0546. The average molecular weight is 567 g/mol. The van der Waals surface area contributed by atoms with Gasteiger partial charge in [-0.3, -0.25) is 9.79 Å². The highest BCUT2D eigenvalue weighted by atomic mass is 19.4. The summed E-state index contributed by atoms with van der Waals surface area (Å²) in [5.74, 6) is -0.702. The Kier molecular flexibility index (Phi) is 8.80. The molecule has 0 atom stereocenters. The van der Waals surface area contributed by atoms with Crippen LogP contribution in [0, 0.1) is 5.41 Å². The van der Waals surface area contributed by atoms with Crippen LogP contribution < -0.4 is 5.32 Å². The second-order valence-electron chi connectivity index (χ2n) is 11.0. The number of hydrogen-bond donors (Lipinski definition) is 1. The van der Waals surface area contributed by atoms with Crippen LogP contribution in [0.15, 0.2) is 84.0 Å². The number of carbonyl (C=O) groups excluding carboxylic acids is 2. The van der Waals surface area contributed by atoms with Gasteiger partial charge >= 0.3 is 12.3 Å². The van der Waals surface area contributed by atoms with Gasteiger partial charge in [-0.15, -0.1) is 0 Å². The van der Waals surface area contributed by atoms with E-state index in [2.05, 4.69) is 10.3 Å². The van der Waals surface area contributed by atoms with Crippen LogP contribution in [0.3, 0.4) is 0 Å². The molecule has 1 aliphatic heterocycles. The fraction of sp³-hybridized carbons (Fsp3) is 0.355. The number of benzene rings is 2. The number of alkyl halides is 3. The Labute approximate surface area is 237 Å². The highest BCUT2D eigenvalue weighted by Gasteiger charge is 2.43. The Morgan fingerprint density at radius 2 is 1.51 bits per heavy atom. The van der Waals surface area contributed by atoms with Gasteiger partial charge in [0, 0.05) is 30.4 Å². The van der Waals surface area contributed by atoms with E-state index in [1.807, 2.05) is 60.7 Å². The highest BCUT2D eigenvalue weighted by Crippen LogP contribution is 2.35. The highest BCUT2D eigenvalue weighted by molar-refractivity contribution is 6.13. The second-order valence-corrected chi connectivity index (χ2v) is 11.0. The molecule has 1 aromatic heterocycles. The van der Waals surface area contributed by atoms with Crippen LogP contribution in [0.2, 0.25) is 0 Å². The van der Waals surface area contributed by atoms with E-state index in [1.165, 1.54) is 0 Å². The van der Waals surface area contributed by atoms with Gasteiger partial charge in [0.05, 0.1) is 23.2 Å². The molecule has 0 unspecified atom stereocenters. The summed E-state index contributed by atoms with van der Waals surface area (Å²) in [5, 5.41) is 2.60. The SMILES string of the molecule is CC(C)(C)OC(=O)N1CCC(CN=C(c2ccccc2)c2ccccc2)(C(=O)Nc2cc(C(F)(F)F)ccn2)CC1. The molecular formula is C31H33F3N4O3. The number of hydrogen-bond acceptors (Lipinski definition) is 5. The van der Waals surface area contributed by atoms with Crippen LogP contribution in [-0.4, -0.2) is 52.8 Å². The van der Waals surface area contributed by atoms with E-state index in [4.69, 9.17) is 9.73 Å². The van der Waals surface area contributed by atoms with Crippen molar-refractivity contribution in [3.63, 3.8) is 0 Å². The number of carbonyl (C=O) groups is 2. The first-order valence-corrected chi connectivity index (χ1v) is 13.3. The van der Waals surface area contributed by atoms with E-state index in [9.17, 15) is 22.8 Å². The molecule has 2 heterocycles. The largest absolute Gasteiger partial charge is 0.444 e. The number of pyridine rings is 1. The average Bonchev–Trinajstić information content (AvgIpc) is 2.93. The van der Waals surface area contributed by atoms with E-state index in [-0.39, 0.29) is 38.3 Å². The van der Waals surface area contributed by atoms with Crippen molar-refractivity contribution in [3.8, 4) is 0 Å². The topological polar surface area (TPSA) is 83.9 Å². The van der Waals surface area contributed by atoms with Gasteiger partial charge in [-0.2, -0.15) is 13.2 Å². The van der Waals surface area contributed by atoms with Gasteiger partial charge in [-0.05, 0) is 45.7 Å². The smallest absolute Gasteiger partial charge is 0.416 e. The number of nitrogens with one attached hydrogen (secondary N) is 1. The Morgan fingerprint density at radius 1 is 0.951 bits per heavy atom. The molecule has 41 heavy (non-hydrogen) atoms. The number of anilines is 1. The van der Waals surface area contributed by atoms with E-state index in [0.717, 1.165) is 29.5 Å². The summed E-state index contributed by atoms with van der Waals surface area (Å²) >= 11 is 0. The zero-order valence-electron chi connectivity index (χ0n) is 23.2. The fourth-order valence-electron chi connectivity index (χ4n) is 4.60. The number of nitrogens with zero attached hydrogens (tertiary/aromatic N) is 3. The number of amides is 2. The van der Waals surface area contributed by atoms with Gasteiger partial charge in [0.15, 0.2) is 0 Å². The molecule has 1 aliphatic rings. The summed E-state index contributed by atoms with van der Waals surface area (Å²) in [4.78, 5) is 36.9. The van der Waals surface area contributed by atoms with Crippen LogP contribution in [0.5, 0.6) is 0 Å². The zero-order chi connectivity index (χ0) is 29.7. The molecule has 3 aromatic rings. The summed E-state index contributed by atoms with van der Waals surface area (Å²) in [6.07, 6.45) is -3.58. The number of rotatable bonds is 6. The lowest BCUT2D eigenvalue weighted by Crippen LogP contribution is -2.51. The predicted octanol–water partition coefficient (Wildman–Crippen LogP) is 6.59. The van der Waals surface area contributed by atoms with E-state index >= 15 is 0 Å². The number of halogens is 3. The molecule has 1 saturated heterocycles. The monoisotopic (exact) mass is 566 g/mol. The number of piperidine rings is 1. The van der Waals surface area contributed by atoms with Crippen LogP contribution >= 0.6 is 0 Å². The summed E-state index contributed by atoms with van der Waals surface area (Å²) in [6.45, 7) is 5.83. The van der Waals surface area contributed by atoms with Crippen molar-refractivity contribution in [1.82, 2.24) is 9.88 Å². The molecule has 0 bridgehead atoms. The Hall–Kier alpha value is -4.21. The van der Waals surface area contributed by atoms with Crippen molar-refractivity contribution in [2.45, 2.75) is 45.4 Å². The molecule has 0 spiro atoms. The Morgan fingerprint density at radius 3 is 2.02 bits per heavy atom. The molecule has 0 radical (unpaired) electrons. The van der Waals surface area contributed by atoms with Crippen LogP contribution in [-0.2, 0) is 15.7 Å². The molecule has 2 aromatic carbocycles. The van der Waals surface area contributed by atoms with Gasteiger partial charge in [0.1, 0.15) is 11.4 Å². The first-order chi connectivity index (χ1) is 19.4. The first kappa shape index (κ1) is 29.8. The maximum absolute atomic E-state index is 13.8. The number of aromatic nitrogens is 1. The number of aliphatic imine (C=N–C) groups is 1. The van der Waals surface area contributed by atoms with Crippen molar-refractivity contribution in [1.29, 1.82) is 0 Å². The van der Waals surface area contributed by atoms with Crippen molar-refractivity contribution < 1.29 is 27.5 Å². The van der Waals surface area contributed by atoms with E-state index < -0.39 is 34.8 Å². The molecule has 10 heteroatoms. The van der Waals surface area contributed by atoms with Crippen LogP contribution in [0.25, 0.3) is 0 Å².